The number of ether oxygens (including phenoxy) is 1. The fraction of sp³-hybridized carbons (Fsp3) is 1.00. The molecule has 0 aliphatic carbocycles. The fourth-order valence-electron chi connectivity index (χ4n) is 1.64. The van der Waals surface area contributed by atoms with Crippen LogP contribution in [0.5, 0.6) is 0 Å². The molecule has 4 heteroatoms. The van der Waals surface area contributed by atoms with E-state index in [1.165, 1.54) is 0 Å². The van der Waals surface area contributed by atoms with E-state index in [1.54, 1.807) is 7.11 Å². The van der Waals surface area contributed by atoms with Crippen molar-refractivity contribution in [1.82, 2.24) is 10.2 Å². The molecule has 104 valence electrons. The van der Waals surface area contributed by atoms with Crippen LogP contribution in [0.4, 0.5) is 0 Å². The molecule has 0 saturated carbocycles. The van der Waals surface area contributed by atoms with Crippen LogP contribution >= 0.6 is 0 Å². The Labute approximate surface area is 106 Å². The van der Waals surface area contributed by atoms with Gasteiger partial charge in [-0.1, -0.05) is 6.92 Å². The maximum absolute atomic E-state index is 9.01. The Morgan fingerprint density at radius 2 is 1.94 bits per heavy atom. The smallest absolute Gasteiger partial charge is 0.0589 e. The van der Waals surface area contributed by atoms with E-state index in [2.05, 4.69) is 37.9 Å². The average Bonchev–Trinajstić information content (AvgIpc) is 2.22. The molecular formula is C13H30N2O2. The fourth-order valence-corrected chi connectivity index (χ4v) is 1.64. The molecule has 0 aliphatic rings. The number of hydrogen-bond acceptors (Lipinski definition) is 4. The first kappa shape index (κ1) is 16.8. The monoisotopic (exact) mass is 246 g/mol. The molecule has 4 nitrogen and oxygen atoms in total. The van der Waals surface area contributed by atoms with Gasteiger partial charge in [0.15, 0.2) is 0 Å². The van der Waals surface area contributed by atoms with Crippen LogP contribution in [0.15, 0.2) is 0 Å². The van der Waals surface area contributed by atoms with Gasteiger partial charge in [0.1, 0.15) is 0 Å². The average molecular weight is 246 g/mol. The number of nitrogens with zero attached hydrogens (tertiary/aromatic N) is 1. The van der Waals surface area contributed by atoms with E-state index >= 15 is 0 Å². The molecule has 1 atom stereocenters. The van der Waals surface area contributed by atoms with Crippen LogP contribution in [0, 0.1) is 5.92 Å². The van der Waals surface area contributed by atoms with Crippen molar-refractivity contribution in [2.45, 2.75) is 33.2 Å². The van der Waals surface area contributed by atoms with Crippen LogP contribution in [-0.2, 0) is 4.74 Å². The predicted molar refractivity (Wildman–Crippen MR) is 72.3 cm³/mol. The van der Waals surface area contributed by atoms with Crippen molar-refractivity contribution in [1.29, 1.82) is 0 Å². The van der Waals surface area contributed by atoms with Crippen LogP contribution in [0.25, 0.3) is 0 Å². The first-order chi connectivity index (χ1) is 7.89. The maximum Gasteiger partial charge on any atom is 0.0589 e. The lowest BCUT2D eigenvalue weighted by atomic mass is 10.1. The molecular weight excluding hydrogens is 216 g/mol. The summed E-state index contributed by atoms with van der Waals surface area (Å²) in [6.45, 7) is 13.3. The van der Waals surface area contributed by atoms with Crippen molar-refractivity contribution in [3.63, 3.8) is 0 Å². The molecule has 17 heavy (non-hydrogen) atoms. The highest BCUT2D eigenvalue weighted by Crippen LogP contribution is 2.03. The summed E-state index contributed by atoms with van der Waals surface area (Å²) in [5.74, 6) is 0.567. The van der Waals surface area contributed by atoms with Crippen LogP contribution in [0.3, 0.4) is 0 Å². The van der Waals surface area contributed by atoms with Gasteiger partial charge < -0.3 is 15.2 Å². The van der Waals surface area contributed by atoms with Crippen molar-refractivity contribution in [3.05, 3.63) is 0 Å². The molecule has 0 bridgehead atoms. The third kappa shape index (κ3) is 10.7. The molecule has 0 aromatic carbocycles. The van der Waals surface area contributed by atoms with E-state index in [1.807, 2.05) is 0 Å². The van der Waals surface area contributed by atoms with Crippen molar-refractivity contribution in [3.8, 4) is 0 Å². The van der Waals surface area contributed by atoms with E-state index < -0.39 is 0 Å². The topological polar surface area (TPSA) is 44.7 Å². The summed E-state index contributed by atoms with van der Waals surface area (Å²) in [6.07, 6.45) is 0. The van der Waals surface area contributed by atoms with Gasteiger partial charge in [0.25, 0.3) is 0 Å². The van der Waals surface area contributed by atoms with Gasteiger partial charge in [0, 0.05) is 32.3 Å². The van der Waals surface area contributed by atoms with Gasteiger partial charge in [-0.3, -0.25) is 4.90 Å². The Morgan fingerprint density at radius 3 is 2.41 bits per heavy atom. The molecule has 0 fully saturated rings. The second-order valence-electron chi connectivity index (χ2n) is 5.75. The molecule has 0 saturated heterocycles. The lowest BCUT2D eigenvalue weighted by Crippen LogP contribution is -2.42. The Balaban J connectivity index is 3.89. The van der Waals surface area contributed by atoms with Crippen molar-refractivity contribution in [2.24, 2.45) is 5.92 Å². The molecule has 0 spiro atoms. The molecule has 0 amide bonds. The number of aliphatic hydroxyl groups is 1. The van der Waals surface area contributed by atoms with Crippen LogP contribution in [0.1, 0.15) is 27.7 Å². The SMILES string of the molecule is COCCN(CCO)CC(C)CNC(C)(C)C. The van der Waals surface area contributed by atoms with Crippen LogP contribution in [0.2, 0.25) is 0 Å². The lowest BCUT2D eigenvalue weighted by Gasteiger charge is -2.28. The van der Waals surface area contributed by atoms with Crippen LogP contribution in [-0.4, -0.2) is 62.0 Å². The van der Waals surface area contributed by atoms with E-state index in [4.69, 9.17) is 9.84 Å². The second-order valence-corrected chi connectivity index (χ2v) is 5.75. The predicted octanol–water partition coefficient (Wildman–Crippen LogP) is 0.951. The van der Waals surface area contributed by atoms with Crippen molar-refractivity contribution in [2.75, 3.05) is 46.5 Å². The van der Waals surface area contributed by atoms with E-state index in [0.717, 1.165) is 32.8 Å². The molecule has 0 heterocycles. The summed E-state index contributed by atoms with van der Waals surface area (Å²) in [5.41, 5.74) is 0.169. The van der Waals surface area contributed by atoms with Crippen molar-refractivity contribution >= 4 is 0 Å². The second kappa shape index (κ2) is 8.86. The lowest BCUT2D eigenvalue weighted by molar-refractivity contribution is 0.120. The van der Waals surface area contributed by atoms with Crippen LogP contribution < -0.4 is 5.32 Å². The van der Waals surface area contributed by atoms with E-state index in [0.29, 0.717) is 5.92 Å². The molecule has 0 rings (SSSR count). The summed E-state index contributed by atoms with van der Waals surface area (Å²) < 4.78 is 5.08. The molecule has 0 aromatic heterocycles. The van der Waals surface area contributed by atoms with Gasteiger partial charge in [0.2, 0.25) is 0 Å². The van der Waals surface area contributed by atoms with Gasteiger partial charge in [-0.2, -0.15) is 0 Å². The third-order valence-corrected chi connectivity index (χ3v) is 2.58. The first-order valence-corrected chi connectivity index (χ1v) is 6.46. The molecule has 2 N–H and O–H groups in total. The number of methoxy groups -OCH3 is 1. The van der Waals surface area contributed by atoms with Gasteiger partial charge in [-0.25, -0.2) is 0 Å². The normalized spacial score (nSPS) is 14.3. The summed E-state index contributed by atoms with van der Waals surface area (Å²) in [5, 5.41) is 12.5. The highest BCUT2D eigenvalue weighted by molar-refractivity contribution is 4.73. The van der Waals surface area contributed by atoms with Gasteiger partial charge in [-0.15, -0.1) is 0 Å². The zero-order chi connectivity index (χ0) is 13.3. The minimum absolute atomic E-state index is 0.169. The summed E-state index contributed by atoms with van der Waals surface area (Å²) in [7, 11) is 1.71. The highest BCUT2D eigenvalue weighted by Gasteiger charge is 2.13. The number of hydrogen-bond donors (Lipinski definition) is 2. The Bertz CT molecular complexity index is 181. The standard InChI is InChI=1S/C13H30N2O2/c1-12(10-14-13(2,3)4)11-15(6-8-16)7-9-17-5/h12,14,16H,6-11H2,1-5H3. The summed E-state index contributed by atoms with van der Waals surface area (Å²) in [6, 6.07) is 0. The highest BCUT2D eigenvalue weighted by atomic mass is 16.5. The third-order valence-electron chi connectivity index (χ3n) is 2.58. The molecule has 1 unspecified atom stereocenters. The number of aliphatic hydroxyl groups excluding tert-OH is 1. The van der Waals surface area contributed by atoms with Gasteiger partial charge >= 0.3 is 0 Å². The number of nitrogens with one attached hydrogen (secondary N) is 1. The zero-order valence-electron chi connectivity index (χ0n) is 12.1. The maximum atomic E-state index is 9.01. The zero-order valence-corrected chi connectivity index (χ0v) is 12.1. The Hall–Kier alpha value is -0.160. The molecule has 0 radical (unpaired) electrons. The summed E-state index contributed by atoms with van der Waals surface area (Å²) >= 11 is 0. The molecule has 0 aliphatic heterocycles. The first-order valence-electron chi connectivity index (χ1n) is 6.46. The minimum Gasteiger partial charge on any atom is -0.395 e. The largest absolute Gasteiger partial charge is 0.395 e. The Morgan fingerprint density at radius 1 is 1.29 bits per heavy atom. The Kier molecular flexibility index (Phi) is 8.78. The van der Waals surface area contributed by atoms with Gasteiger partial charge in [0.05, 0.1) is 13.2 Å². The molecule has 0 aromatic rings. The van der Waals surface area contributed by atoms with Crippen molar-refractivity contribution < 1.29 is 9.84 Å². The number of rotatable bonds is 9. The van der Waals surface area contributed by atoms with E-state index in [9.17, 15) is 0 Å². The summed E-state index contributed by atoms with van der Waals surface area (Å²) in [4.78, 5) is 2.25. The quantitative estimate of drug-likeness (QED) is 0.636. The minimum atomic E-state index is 0.169. The van der Waals surface area contributed by atoms with Gasteiger partial charge in [-0.05, 0) is 33.2 Å². The van der Waals surface area contributed by atoms with E-state index in [-0.39, 0.29) is 12.1 Å².